The van der Waals surface area contributed by atoms with Gasteiger partial charge in [0.25, 0.3) is 5.69 Å². The minimum atomic E-state index is -1.000. The highest BCUT2D eigenvalue weighted by molar-refractivity contribution is 5.96. The number of para-hydroxylation sites is 1. The lowest BCUT2D eigenvalue weighted by molar-refractivity contribution is -0.386. The number of rotatable bonds is 4. The molecule has 0 spiro atoms. The van der Waals surface area contributed by atoms with Gasteiger partial charge in [0.15, 0.2) is 0 Å². The van der Waals surface area contributed by atoms with E-state index in [1.165, 1.54) is 20.1 Å². The summed E-state index contributed by atoms with van der Waals surface area (Å²) in [5, 5.41) is 16.6. The molecule has 1 aliphatic rings. The monoisotopic (exact) mass is 341 g/mol. The van der Waals surface area contributed by atoms with Crippen molar-refractivity contribution in [2.45, 2.75) is 13.2 Å². The van der Waals surface area contributed by atoms with Crippen molar-refractivity contribution in [2.75, 3.05) is 7.11 Å². The van der Waals surface area contributed by atoms with Crippen molar-refractivity contribution < 1.29 is 19.2 Å². The molecule has 1 aliphatic heterocycles. The summed E-state index contributed by atoms with van der Waals surface area (Å²) in [6.45, 7) is 1.32. The van der Waals surface area contributed by atoms with Crippen LogP contribution in [-0.2, 0) is 9.53 Å². The second kappa shape index (κ2) is 6.60. The van der Waals surface area contributed by atoms with Gasteiger partial charge in [0, 0.05) is 18.6 Å². The first-order chi connectivity index (χ1) is 12.0. The molecule has 1 amide bonds. The van der Waals surface area contributed by atoms with E-state index in [0.717, 1.165) is 5.01 Å². The first-order valence-electron chi connectivity index (χ1n) is 7.44. The number of hydrogen-bond donors (Lipinski definition) is 0. The third kappa shape index (κ3) is 3.14. The lowest BCUT2D eigenvalue weighted by atomic mass is 10.1. The molecule has 3 rings (SSSR count). The van der Waals surface area contributed by atoms with Gasteiger partial charge in [-0.15, -0.1) is 5.10 Å². The molecule has 128 valence electrons. The maximum absolute atomic E-state index is 12.0. The van der Waals surface area contributed by atoms with Crippen LogP contribution in [0.1, 0.15) is 24.3 Å². The van der Waals surface area contributed by atoms with Gasteiger partial charge in [-0.25, -0.2) is 0 Å². The molecule has 0 unspecified atom stereocenters. The molecule has 1 heterocycles. The number of nitrogens with zero attached hydrogens (tertiary/aromatic N) is 3. The van der Waals surface area contributed by atoms with Crippen LogP contribution in [0.4, 0.5) is 5.69 Å². The van der Waals surface area contributed by atoms with E-state index >= 15 is 0 Å². The number of nitro benzene ring substituents is 1. The van der Waals surface area contributed by atoms with Crippen LogP contribution in [0.2, 0.25) is 0 Å². The first-order valence-corrected chi connectivity index (χ1v) is 7.44. The number of carbonyl (C=O) groups is 1. The zero-order valence-electron chi connectivity index (χ0n) is 13.6. The van der Waals surface area contributed by atoms with E-state index in [0.29, 0.717) is 11.3 Å². The average molecular weight is 341 g/mol. The summed E-state index contributed by atoms with van der Waals surface area (Å²) in [4.78, 5) is 22.7. The Balaban J connectivity index is 2.01. The number of hydrogen-bond acceptors (Lipinski definition) is 6. The fourth-order valence-corrected chi connectivity index (χ4v) is 2.50. The van der Waals surface area contributed by atoms with Gasteiger partial charge in [0.05, 0.1) is 17.6 Å². The maximum atomic E-state index is 12.0. The fraction of sp³-hybridized carbons (Fsp3) is 0.176. The number of methoxy groups -OCH3 is 1. The predicted octanol–water partition coefficient (Wildman–Crippen LogP) is 2.84. The van der Waals surface area contributed by atoms with E-state index in [2.05, 4.69) is 5.10 Å². The highest BCUT2D eigenvalue weighted by atomic mass is 16.6. The van der Waals surface area contributed by atoms with Gasteiger partial charge in [-0.2, -0.15) is 5.01 Å². The number of benzene rings is 2. The molecule has 0 aliphatic carbocycles. The van der Waals surface area contributed by atoms with Crippen molar-refractivity contribution in [3.8, 4) is 5.75 Å². The van der Waals surface area contributed by atoms with E-state index in [1.807, 2.05) is 0 Å². The molecule has 0 saturated heterocycles. The topological polar surface area (TPSA) is 94.3 Å². The highest BCUT2D eigenvalue weighted by Gasteiger charge is 2.37. The Kier molecular flexibility index (Phi) is 4.34. The van der Waals surface area contributed by atoms with Crippen molar-refractivity contribution in [1.82, 2.24) is 5.01 Å². The third-order valence-corrected chi connectivity index (χ3v) is 3.68. The SMILES string of the molecule is COc1cccc(C2=NN(C(C)=O)[C@H](c3ccccc3[N+](=O)[O-])O2)c1. The van der Waals surface area contributed by atoms with Crippen LogP contribution in [0.15, 0.2) is 53.6 Å². The van der Waals surface area contributed by atoms with Crippen LogP contribution in [0.5, 0.6) is 5.75 Å². The largest absolute Gasteiger partial charge is 0.497 e. The summed E-state index contributed by atoms with van der Waals surface area (Å²) in [5.74, 6) is 0.408. The van der Waals surface area contributed by atoms with Crippen LogP contribution < -0.4 is 4.74 Å². The zero-order chi connectivity index (χ0) is 18.0. The van der Waals surface area contributed by atoms with E-state index in [1.54, 1.807) is 42.5 Å². The highest BCUT2D eigenvalue weighted by Crippen LogP contribution is 2.35. The Morgan fingerprint density at radius 3 is 2.72 bits per heavy atom. The molecule has 0 aromatic heterocycles. The molecule has 0 fully saturated rings. The second-order valence-corrected chi connectivity index (χ2v) is 5.29. The average Bonchev–Trinajstić information content (AvgIpc) is 3.07. The quantitative estimate of drug-likeness (QED) is 0.629. The number of hydrazone groups is 1. The molecular weight excluding hydrogens is 326 g/mol. The van der Waals surface area contributed by atoms with Crippen LogP contribution in [0.25, 0.3) is 0 Å². The minimum absolute atomic E-state index is 0.138. The Morgan fingerprint density at radius 1 is 1.28 bits per heavy atom. The Bertz CT molecular complexity index is 865. The molecule has 2 aromatic carbocycles. The zero-order valence-corrected chi connectivity index (χ0v) is 13.6. The van der Waals surface area contributed by atoms with Gasteiger partial charge >= 0.3 is 0 Å². The van der Waals surface area contributed by atoms with Crippen LogP contribution in [-0.4, -0.2) is 28.8 Å². The normalized spacial score (nSPS) is 16.2. The molecule has 1 atom stereocenters. The Labute approximate surface area is 143 Å². The molecule has 25 heavy (non-hydrogen) atoms. The van der Waals surface area contributed by atoms with Crippen LogP contribution in [0, 0.1) is 10.1 Å². The van der Waals surface area contributed by atoms with Crippen molar-refractivity contribution >= 4 is 17.5 Å². The lowest BCUT2D eigenvalue weighted by Gasteiger charge is -2.19. The van der Waals surface area contributed by atoms with E-state index in [4.69, 9.17) is 9.47 Å². The predicted molar refractivity (Wildman–Crippen MR) is 89.0 cm³/mol. The number of ether oxygens (including phenoxy) is 2. The van der Waals surface area contributed by atoms with E-state index in [9.17, 15) is 14.9 Å². The standard InChI is InChI=1S/C17H15N3O5/c1-11(21)19-17(14-8-3-4-9-15(14)20(22)23)25-16(18-19)12-6-5-7-13(10-12)24-2/h3-10,17H,1-2H3/t17-/m0/s1. The number of nitro groups is 1. The first kappa shape index (κ1) is 16.4. The van der Waals surface area contributed by atoms with Gasteiger partial charge in [-0.3, -0.25) is 14.9 Å². The Hall–Kier alpha value is -3.42. The molecule has 0 bridgehead atoms. The lowest BCUT2D eigenvalue weighted by Crippen LogP contribution is -2.25. The van der Waals surface area contributed by atoms with E-state index in [-0.39, 0.29) is 23.1 Å². The number of amides is 1. The van der Waals surface area contributed by atoms with Crippen LogP contribution >= 0.6 is 0 Å². The summed E-state index contributed by atoms with van der Waals surface area (Å²) in [7, 11) is 1.54. The molecule has 0 radical (unpaired) electrons. The molecular formula is C17H15N3O5. The third-order valence-electron chi connectivity index (χ3n) is 3.68. The molecule has 0 N–H and O–H groups in total. The van der Waals surface area contributed by atoms with Gasteiger partial charge in [0.2, 0.25) is 18.0 Å². The van der Waals surface area contributed by atoms with Crippen molar-refractivity contribution in [3.63, 3.8) is 0 Å². The number of carbonyl (C=O) groups excluding carboxylic acids is 1. The smallest absolute Gasteiger partial charge is 0.278 e. The summed E-state index contributed by atoms with van der Waals surface area (Å²) >= 11 is 0. The second-order valence-electron chi connectivity index (χ2n) is 5.29. The minimum Gasteiger partial charge on any atom is -0.497 e. The van der Waals surface area contributed by atoms with Gasteiger partial charge in [-0.05, 0) is 24.3 Å². The van der Waals surface area contributed by atoms with Crippen molar-refractivity contribution in [1.29, 1.82) is 0 Å². The fourth-order valence-electron chi connectivity index (χ4n) is 2.50. The van der Waals surface area contributed by atoms with Gasteiger partial charge in [0.1, 0.15) is 5.75 Å². The Morgan fingerprint density at radius 2 is 2.04 bits per heavy atom. The summed E-state index contributed by atoms with van der Waals surface area (Å²) in [6, 6.07) is 13.1. The van der Waals surface area contributed by atoms with E-state index < -0.39 is 11.2 Å². The summed E-state index contributed by atoms with van der Waals surface area (Å²) in [6.07, 6.45) is -1.000. The molecule has 8 heteroatoms. The molecule has 0 saturated carbocycles. The van der Waals surface area contributed by atoms with Crippen LogP contribution in [0.3, 0.4) is 0 Å². The van der Waals surface area contributed by atoms with Gasteiger partial charge < -0.3 is 9.47 Å². The van der Waals surface area contributed by atoms with Gasteiger partial charge in [-0.1, -0.05) is 18.2 Å². The van der Waals surface area contributed by atoms with Crippen molar-refractivity contribution in [2.24, 2.45) is 5.10 Å². The molecule has 8 nitrogen and oxygen atoms in total. The molecule has 2 aromatic rings. The maximum Gasteiger partial charge on any atom is 0.278 e. The summed E-state index contributed by atoms with van der Waals surface area (Å²) in [5.41, 5.74) is 0.719. The van der Waals surface area contributed by atoms with Crippen molar-refractivity contribution in [3.05, 3.63) is 69.8 Å². The summed E-state index contributed by atoms with van der Waals surface area (Å²) < 4.78 is 11.0.